The van der Waals surface area contributed by atoms with E-state index in [0.717, 1.165) is 10.2 Å². The quantitative estimate of drug-likeness (QED) is 0.842. The SMILES string of the molecule is CCC1=NN(C(=O)c2cccc(Br)c2)[C@@](O)(c2ccc(OC)cc2)C1. The summed E-state index contributed by atoms with van der Waals surface area (Å²) in [5.41, 5.74) is 0.338. The Kier molecular flexibility index (Phi) is 4.92. The Bertz CT molecular complexity index is 820. The van der Waals surface area contributed by atoms with Crippen molar-refractivity contribution in [2.75, 3.05) is 7.11 Å². The molecule has 0 spiro atoms. The first kappa shape index (κ1) is 17.6. The molecule has 1 N–H and O–H groups in total. The fraction of sp³-hybridized carbons (Fsp3) is 0.263. The third-order valence-electron chi connectivity index (χ3n) is 4.27. The van der Waals surface area contributed by atoms with Crippen molar-refractivity contribution in [2.45, 2.75) is 25.5 Å². The van der Waals surface area contributed by atoms with Gasteiger partial charge < -0.3 is 9.84 Å². The van der Waals surface area contributed by atoms with Crippen molar-refractivity contribution in [2.24, 2.45) is 5.10 Å². The lowest BCUT2D eigenvalue weighted by molar-refractivity contribution is -0.0765. The lowest BCUT2D eigenvalue weighted by atomic mass is 9.96. The number of nitrogens with zero attached hydrogens (tertiary/aromatic N) is 2. The van der Waals surface area contributed by atoms with E-state index in [9.17, 15) is 9.90 Å². The van der Waals surface area contributed by atoms with E-state index in [1.54, 1.807) is 49.6 Å². The van der Waals surface area contributed by atoms with Crippen LogP contribution >= 0.6 is 15.9 Å². The zero-order valence-electron chi connectivity index (χ0n) is 14.1. The number of benzene rings is 2. The van der Waals surface area contributed by atoms with Crippen LogP contribution in [0.3, 0.4) is 0 Å². The van der Waals surface area contributed by atoms with Crippen molar-refractivity contribution < 1.29 is 14.6 Å². The lowest BCUT2D eigenvalue weighted by Crippen LogP contribution is -2.43. The van der Waals surface area contributed by atoms with Gasteiger partial charge in [-0.15, -0.1) is 0 Å². The first-order valence-corrected chi connectivity index (χ1v) is 8.80. The molecule has 5 nitrogen and oxygen atoms in total. The monoisotopic (exact) mass is 402 g/mol. The highest BCUT2D eigenvalue weighted by molar-refractivity contribution is 9.10. The molecule has 0 saturated carbocycles. The summed E-state index contributed by atoms with van der Waals surface area (Å²) in [7, 11) is 1.58. The van der Waals surface area contributed by atoms with Crippen LogP contribution in [0, 0.1) is 0 Å². The number of halogens is 1. The lowest BCUT2D eigenvalue weighted by Gasteiger charge is -2.31. The second kappa shape index (κ2) is 6.98. The maximum Gasteiger partial charge on any atom is 0.276 e. The standard InChI is InChI=1S/C19H19BrN2O3/c1-3-16-12-19(24,14-7-9-17(25-2)10-8-14)22(21-16)18(23)13-5-4-6-15(20)11-13/h4-11,24H,3,12H2,1-2H3/t19-/m0/s1. The van der Waals surface area contributed by atoms with Gasteiger partial charge in [-0.3, -0.25) is 4.79 Å². The number of hydrazone groups is 1. The Morgan fingerprint density at radius 2 is 2.04 bits per heavy atom. The highest BCUT2D eigenvalue weighted by atomic mass is 79.9. The summed E-state index contributed by atoms with van der Waals surface area (Å²) in [5.74, 6) is 0.343. The molecule has 1 atom stereocenters. The molecule has 1 amide bonds. The van der Waals surface area contributed by atoms with Gasteiger partial charge in [-0.05, 0) is 36.8 Å². The van der Waals surface area contributed by atoms with Crippen LogP contribution in [-0.2, 0) is 5.72 Å². The number of carbonyl (C=O) groups is 1. The van der Waals surface area contributed by atoms with E-state index in [2.05, 4.69) is 21.0 Å². The van der Waals surface area contributed by atoms with E-state index in [0.29, 0.717) is 23.3 Å². The minimum atomic E-state index is -1.50. The Morgan fingerprint density at radius 3 is 2.64 bits per heavy atom. The summed E-state index contributed by atoms with van der Waals surface area (Å²) >= 11 is 3.37. The number of hydrogen-bond donors (Lipinski definition) is 1. The van der Waals surface area contributed by atoms with Gasteiger partial charge in [0.1, 0.15) is 5.75 Å². The molecule has 25 heavy (non-hydrogen) atoms. The first-order valence-electron chi connectivity index (χ1n) is 8.01. The Hall–Kier alpha value is -2.18. The van der Waals surface area contributed by atoms with Gasteiger partial charge in [0.25, 0.3) is 5.91 Å². The van der Waals surface area contributed by atoms with Gasteiger partial charge in [0.2, 0.25) is 0 Å². The van der Waals surface area contributed by atoms with Gasteiger partial charge in [-0.1, -0.05) is 41.1 Å². The minimum Gasteiger partial charge on any atom is -0.497 e. The third-order valence-corrected chi connectivity index (χ3v) is 4.76. The molecule has 0 radical (unpaired) electrons. The maximum atomic E-state index is 13.0. The molecule has 0 aromatic heterocycles. The number of rotatable bonds is 4. The molecule has 3 rings (SSSR count). The molecule has 0 unspecified atom stereocenters. The van der Waals surface area contributed by atoms with E-state index in [-0.39, 0.29) is 12.3 Å². The second-order valence-corrected chi connectivity index (χ2v) is 6.78. The van der Waals surface area contributed by atoms with E-state index >= 15 is 0 Å². The zero-order chi connectivity index (χ0) is 18.0. The minimum absolute atomic E-state index is 0.287. The highest BCUT2D eigenvalue weighted by Crippen LogP contribution is 2.37. The van der Waals surface area contributed by atoms with Crippen LogP contribution in [0.25, 0.3) is 0 Å². The van der Waals surface area contributed by atoms with Gasteiger partial charge in [0.05, 0.1) is 7.11 Å². The van der Waals surface area contributed by atoms with Crippen molar-refractivity contribution in [3.05, 3.63) is 64.1 Å². The molecule has 2 aromatic carbocycles. The Morgan fingerprint density at radius 1 is 1.32 bits per heavy atom. The van der Waals surface area contributed by atoms with Crippen LogP contribution in [0.1, 0.15) is 35.7 Å². The molecule has 0 saturated heterocycles. The van der Waals surface area contributed by atoms with E-state index in [4.69, 9.17) is 4.74 Å². The summed E-state index contributed by atoms with van der Waals surface area (Å²) in [6.07, 6.45) is 0.955. The van der Waals surface area contributed by atoms with E-state index in [1.165, 1.54) is 5.01 Å². The summed E-state index contributed by atoms with van der Waals surface area (Å²) in [6, 6.07) is 14.1. The summed E-state index contributed by atoms with van der Waals surface area (Å²) in [4.78, 5) is 13.0. The van der Waals surface area contributed by atoms with Crippen molar-refractivity contribution in [1.29, 1.82) is 0 Å². The number of amides is 1. The fourth-order valence-electron chi connectivity index (χ4n) is 2.85. The van der Waals surface area contributed by atoms with Crippen LogP contribution < -0.4 is 4.74 Å². The number of ether oxygens (including phenoxy) is 1. The first-order chi connectivity index (χ1) is 12.0. The third kappa shape index (κ3) is 3.32. The predicted octanol–water partition coefficient (Wildman–Crippen LogP) is 3.91. The fourth-order valence-corrected chi connectivity index (χ4v) is 3.25. The number of aliphatic hydroxyl groups is 1. The molecule has 6 heteroatoms. The Labute approximate surface area is 155 Å². The zero-order valence-corrected chi connectivity index (χ0v) is 15.7. The molecule has 0 aliphatic carbocycles. The highest BCUT2D eigenvalue weighted by Gasteiger charge is 2.45. The molecule has 2 aromatic rings. The van der Waals surface area contributed by atoms with Crippen molar-refractivity contribution in [1.82, 2.24) is 5.01 Å². The van der Waals surface area contributed by atoms with Gasteiger partial charge >= 0.3 is 0 Å². The molecule has 130 valence electrons. The molecule has 1 aliphatic heterocycles. The van der Waals surface area contributed by atoms with Gasteiger partial charge in [-0.2, -0.15) is 10.1 Å². The van der Waals surface area contributed by atoms with Gasteiger partial charge in [-0.25, -0.2) is 0 Å². The summed E-state index contributed by atoms with van der Waals surface area (Å²) < 4.78 is 5.96. The molecule has 1 aliphatic rings. The smallest absolute Gasteiger partial charge is 0.276 e. The molecule has 0 fully saturated rings. The number of hydrogen-bond acceptors (Lipinski definition) is 4. The van der Waals surface area contributed by atoms with Gasteiger partial charge in [0, 0.05) is 27.7 Å². The Balaban J connectivity index is 2.01. The molecular weight excluding hydrogens is 384 g/mol. The molecule has 1 heterocycles. The number of carbonyl (C=O) groups excluding carboxylic acids is 1. The van der Waals surface area contributed by atoms with Crippen LogP contribution in [0.5, 0.6) is 5.75 Å². The predicted molar refractivity (Wildman–Crippen MR) is 99.5 cm³/mol. The van der Waals surface area contributed by atoms with Crippen molar-refractivity contribution in [3.63, 3.8) is 0 Å². The van der Waals surface area contributed by atoms with Crippen molar-refractivity contribution in [3.8, 4) is 5.75 Å². The van der Waals surface area contributed by atoms with Crippen LogP contribution in [-0.4, -0.2) is 28.8 Å². The second-order valence-electron chi connectivity index (χ2n) is 5.87. The number of methoxy groups -OCH3 is 1. The van der Waals surface area contributed by atoms with Crippen molar-refractivity contribution >= 4 is 27.5 Å². The maximum absolute atomic E-state index is 13.0. The summed E-state index contributed by atoms with van der Waals surface area (Å²) in [5, 5.41) is 16.9. The van der Waals surface area contributed by atoms with E-state index in [1.807, 2.05) is 13.0 Å². The van der Waals surface area contributed by atoms with Gasteiger partial charge in [0.15, 0.2) is 5.72 Å². The summed E-state index contributed by atoms with van der Waals surface area (Å²) in [6.45, 7) is 1.96. The van der Waals surface area contributed by atoms with Crippen LogP contribution in [0.2, 0.25) is 0 Å². The average molecular weight is 403 g/mol. The average Bonchev–Trinajstić information content (AvgIpc) is 2.99. The van der Waals surface area contributed by atoms with Crippen LogP contribution in [0.4, 0.5) is 0 Å². The largest absolute Gasteiger partial charge is 0.497 e. The van der Waals surface area contributed by atoms with Crippen LogP contribution in [0.15, 0.2) is 58.1 Å². The van der Waals surface area contributed by atoms with E-state index < -0.39 is 5.72 Å². The normalized spacial score (nSPS) is 19.7. The topological polar surface area (TPSA) is 62.1 Å². The molecular formula is C19H19BrN2O3. The molecule has 0 bridgehead atoms.